The second-order valence-electron chi connectivity index (χ2n) is 5.24. The molecule has 0 saturated carbocycles. The molecule has 8 heteroatoms. The fourth-order valence-corrected chi connectivity index (χ4v) is 2.29. The first-order valence-corrected chi connectivity index (χ1v) is 7.97. The predicted octanol–water partition coefficient (Wildman–Crippen LogP) is 3.55. The number of ether oxygens (including phenoxy) is 2. The summed E-state index contributed by atoms with van der Waals surface area (Å²) in [6.45, 7) is 2.26. The van der Waals surface area contributed by atoms with Crippen LogP contribution < -0.4 is 14.8 Å². The zero-order valence-corrected chi connectivity index (χ0v) is 14.8. The molecule has 2 aromatic rings. The summed E-state index contributed by atoms with van der Waals surface area (Å²) in [5.74, 6) is 0.0528. The third kappa shape index (κ3) is 4.83. The van der Waals surface area contributed by atoms with E-state index in [9.17, 15) is 20.2 Å². The number of nitrogens with zero attached hydrogens (tertiary/aromatic N) is 2. The van der Waals surface area contributed by atoms with E-state index >= 15 is 0 Å². The van der Waals surface area contributed by atoms with Gasteiger partial charge >= 0.3 is 0 Å². The molecule has 0 fully saturated rings. The highest BCUT2D eigenvalue weighted by molar-refractivity contribution is 6.10. The van der Waals surface area contributed by atoms with Gasteiger partial charge in [0.05, 0.1) is 24.3 Å². The lowest BCUT2D eigenvalue weighted by molar-refractivity contribution is -0.384. The number of amides is 1. The van der Waals surface area contributed by atoms with Crippen molar-refractivity contribution >= 4 is 23.4 Å². The monoisotopic (exact) mass is 367 g/mol. The Morgan fingerprint density at radius 1 is 1.30 bits per heavy atom. The molecular weight excluding hydrogens is 350 g/mol. The predicted molar refractivity (Wildman–Crippen MR) is 99.5 cm³/mol. The molecule has 0 aliphatic carbocycles. The summed E-state index contributed by atoms with van der Waals surface area (Å²) >= 11 is 0. The Hall–Kier alpha value is -3.86. The number of carbonyl (C=O) groups is 1. The number of rotatable bonds is 7. The molecule has 0 saturated heterocycles. The van der Waals surface area contributed by atoms with E-state index in [1.54, 1.807) is 24.3 Å². The van der Waals surface area contributed by atoms with Gasteiger partial charge in [0.2, 0.25) is 0 Å². The summed E-state index contributed by atoms with van der Waals surface area (Å²) in [5.41, 5.74) is 0.263. The fourth-order valence-electron chi connectivity index (χ4n) is 2.29. The van der Waals surface area contributed by atoms with Crippen LogP contribution in [-0.2, 0) is 4.79 Å². The molecule has 0 aliphatic rings. The molecule has 138 valence electrons. The van der Waals surface area contributed by atoms with Crippen LogP contribution >= 0.6 is 0 Å². The number of anilines is 1. The zero-order chi connectivity index (χ0) is 19.8. The van der Waals surface area contributed by atoms with E-state index in [4.69, 9.17) is 9.47 Å². The van der Waals surface area contributed by atoms with Gasteiger partial charge in [-0.05, 0) is 25.1 Å². The lowest BCUT2D eigenvalue weighted by atomic mass is 10.1. The summed E-state index contributed by atoms with van der Waals surface area (Å²) in [6.07, 6.45) is 1.39. The smallest absolute Gasteiger partial charge is 0.271 e. The zero-order valence-electron chi connectivity index (χ0n) is 14.8. The van der Waals surface area contributed by atoms with Crippen molar-refractivity contribution in [3.63, 3.8) is 0 Å². The molecule has 2 rings (SSSR count). The van der Waals surface area contributed by atoms with Gasteiger partial charge in [-0.15, -0.1) is 0 Å². The van der Waals surface area contributed by atoms with Crippen LogP contribution in [0.4, 0.5) is 11.4 Å². The first-order valence-electron chi connectivity index (χ1n) is 7.97. The van der Waals surface area contributed by atoms with Crippen molar-refractivity contribution in [1.82, 2.24) is 0 Å². The minimum atomic E-state index is -0.720. The maximum Gasteiger partial charge on any atom is 0.271 e. The van der Waals surface area contributed by atoms with Crippen molar-refractivity contribution in [3.8, 4) is 17.6 Å². The van der Waals surface area contributed by atoms with E-state index < -0.39 is 10.8 Å². The minimum absolute atomic E-state index is 0.0935. The average Bonchev–Trinajstić information content (AvgIpc) is 2.67. The van der Waals surface area contributed by atoms with Gasteiger partial charge in [0.25, 0.3) is 11.6 Å². The van der Waals surface area contributed by atoms with Gasteiger partial charge < -0.3 is 14.8 Å². The number of carbonyl (C=O) groups excluding carboxylic acids is 1. The summed E-state index contributed by atoms with van der Waals surface area (Å²) in [7, 11) is 1.37. The number of nitriles is 1. The molecule has 1 amide bonds. The van der Waals surface area contributed by atoms with Crippen molar-refractivity contribution in [1.29, 1.82) is 5.26 Å². The molecule has 8 nitrogen and oxygen atoms in total. The third-order valence-electron chi connectivity index (χ3n) is 3.53. The van der Waals surface area contributed by atoms with E-state index in [1.807, 2.05) is 13.0 Å². The van der Waals surface area contributed by atoms with Gasteiger partial charge in [-0.25, -0.2) is 0 Å². The summed E-state index contributed by atoms with van der Waals surface area (Å²) in [6, 6.07) is 12.6. The number of benzene rings is 2. The molecule has 0 spiro atoms. The van der Waals surface area contributed by atoms with Gasteiger partial charge in [0.1, 0.15) is 23.1 Å². The first kappa shape index (κ1) is 19.5. The first-order chi connectivity index (χ1) is 13.0. The van der Waals surface area contributed by atoms with Crippen LogP contribution in [0.25, 0.3) is 6.08 Å². The number of para-hydroxylation sites is 1. The molecular formula is C19H17N3O5. The molecule has 0 unspecified atom stereocenters. The number of hydrogen-bond donors (Lipinski definition) is 1. The van der Waals surface area contributed by atoms with Crippen molar-refractivity contribution in [3.05, 3.63) is 63.7 Å². The molecule has 0 heterocycles. The number of methoxy groups -OCH3 is 1. The van der Waals surface area contributed by atoms with Crippen LogP contribution in [0.1, 0.15) is 12.5 Å². The minimum Gasteiger partial charge on any atom is -0.495 e. The van der Waals surface area contributed by atoms with E-state index in [0.29, 0.717) is 17.9 Å². The Bertz CT molecular complexity index is 931. The van der Waals surface area contributed by atoms with Gasteiger partial charge in [-0.2, -0.15) is 5.26 Å². The highest BCUT2D eigenvalue weighted by Gasteiger charge is 2.16. The van der Waals surface area contributed by atoms with Gasteiger partial charge in [-0.1, -0.05) is 18.2 Å². The Balaban J connectivity index is 2.35. The SMILES string of the molecule is CCOc1ccccc1/C=C(\C#N)C(=O)Nc1cc([N+](=O)[O-])ccc1OC. The highest BCUT2D eigenvalue weighted by Crippen LogP contribution is 2.29. The topological polar surface area (TPSA) is 114 Å². The maximum absolute atomic E-state index is 12.5. The lowest BCUT2D eigenvalue weighted by Crippen LogP contribution is -2.14. The molecule has 0 radical (unpaired) electrons. The number of non-ortho nitro benzene ring substituents is 1. The second-order valence-corrected chi connectivity index (χ2v) is 5.24. The van der Waals surface area contributed by atoms with E-state index in [2.05, 4.69) is 5.32 Å². The molecule has 27 heavy (non-hydrogen) atoms. The Morgan fingerprint density at radius 3 is 2.67 bits per heavy atom. The van der Waals surface area contributed by atoms with Crippen molar-refractivity contribution < 1.29 is 19.2 Å². The summed E-state index contributed by atoms with van der Waals surface area (Å²) < 4.78 is 10.6. The Morgan fingerprint density at radius 2 is 2.04 bits per heavy atom. The molecule has 0 bridgehead atoms. The summed E-state index contributed by atoms with van der Waals surface area (Å²) in [5, 5.41) is 22.8. The Kier molecular flexibility index (Phi) is 6.49. The largest absolute Gasteiger partial charge is 0.495 e. The number of hydrogen-bond acceptors (Lipinski definition) is 6. The molecule has 0 aromatic heterocycles. The van der Waals surface area contributed by atoms with Crippen LogP contribution in [0, 0.1) is 21.4 Å². The lowest BCUT2D eigenvalue weighted by Gasteiger charge is -2.10. The normalized spacial score (nSPS) is 10.6. The number of nitro groups is 1. The van der Waals surface area contributed by atoms with Crippen molar-refractivity contribution in [2.75, 3.05) is 19.0 Å². The fraction of sp³-hybridized carbons (Fsp3) is 0.158. The van der Waals surface area contributed by atoms with E-state index in [1.165, 1.54) is 31.4 Å². The standard InChI is InChI=1S/C19H17N3O5/c1-3-27-17-7-5-4-6-13(17)10-14(12-20)19(23)21-16-11-15(22(24)25)8-9-18(16)26-2/h4-11H,3H2,1-2H3,(H,21,23)/b14-10+. The van der Waals surface area contributed by atoms with Crippen LogP contribution in [0.2, 0.25) is 0 Å². The van der Waals surface area contributed by atoms with Gasteiger partial charge in [-0.3, -0.25) is 14.9 Å². The van der Waals surface area contributed by atoms with Gasteiger partial charge in [0, 0.05) is 17.7 Å². The van der Waals surface area contributed by atoms with E-state index in [0.717, 1.165) is 0 Å². The maximum atomic E-state index is 12.5. The third-order valence-corrected chi connectivity index (χ3v) is 3.53. The second kappa shape index (κ2) is 9.01. The average molecular weight is 367 g/mol. The van der Waals surface area contributed by atoms with Crippen LogP contribution in [0.15, 0.2) is 48.0 Å². The van der Waals surface area contributed by atoms with Crippen LogP contribution in [0.3, 0.4) is 0 Å². The molecule has 1 N–H and O–H groups in total. The van der Waals surface area contributed by atoms with Crippen LogP contribution in [0.5, 0.6) is 11.5 Å². The van der Waals surface area contributed by atoms with Crippen LogP contribution in [-0.4, -0.2) is 24.5 Å². The Labute approximate surface area is 155 Å². The summed E-state index contributed by atoms with van der Waals surface area (Å²) in [4.78, 5) is 22.9. The molecule has 2 aromatic carbocycles. The molecule has 0 atom stereocenters. The number of nitrogens with one attached hydrogen (secondary N) is 1. The molecule has 0 aliphatic heterocycles. The highest BCUT2D eigenvalue weighted by atomic mass is 16.6. The van der Waals surface area contributed by atoms with E-state index in [-0.39, 0.29) is 22.7 Å². The number of nitro benzene ring substituents is 1. The quantitative estimate of drug-likeness (QED) is 0.346. The van der Waals surface area contributed by atoms with Crippen molar-refractivity contribution in [2.24, 2.45) is 0 Å². The van der Waals surface area contributed by atoms with Gasteiger partial charge in [0.15, 0.2) is 0 Å². The van der Waals surface area contributed by atoms with Crippen molar-refractivity contribution in [2.45, 2.75) is 6.92 Å².